The molecule has 4 heteroatoms. The summed E-state index contributed by atoms with van der Waals surface area (Å²) < 4.78 is 0. The summed E-state index contributed by atoms with van der Waals surface area (Å²) in [7, 11) is 0. The Morgan fingerprint density at radius 2 is 2.26 bits per heavy atom. The lowest BCUT2D eigenvalue weighted by atomic mass is 10.0. The van der Waals surface area contributed by atoms with Crippen molar-refractivity contribution < 1.29 is 0 Å². The van der Waals surface area contributed by atoms with Crippen molar-refractivity contribution in [2.75, 3.05) is 13.1 Å². The van der Waals surface area contributed by atoms with Crippen LogP contribution in [0, 0.1) is 17.2 Å². The van der Waals surface area contributed by atoms with Gasteiger partial charge in [0.15, 0.2) is 0 Å². The fourth-order valence-corrected chi connectivity index (χ4v) is 4.11. The molecule has 1 saturated carbocycles. The van der Waals surface area contributed by atoms with Gasteiger partial charge in [-0.05, 0) is 38.1 Å². The molecule has 1 aromatic heterocycles. The minimum Gasteiger partial charge on any atom is -0.296 e. The highest BCUT2D eigenvalue weighted by molar-refractivity contribution is 7.11. The van der Waals surface area contributed by atoms with E-state index in [4.69, 9.17) is 10.2 Å². The maximum atomic E-state index is 8.93. The molecule has 0 amide bonds. The van der Waals surface area contributed by atoms with E-state index in [2.05, 4.69) is 17.9 Å². The molecular formula is C15H21N3S. The van der Waals surface area contributed by atoms with Gasteiger partial charge in [-0.15, -0.1) is 11.3 Å². The van der Waals surface area contributed by atoms with Crippen molar-refractivity contribution in [1.82, 2.24) is 9.88 Å². The largest absolute Gasteiger partial charge is 0.296 e. The van der Waals surface area contributed by atoms with E-state index in [1.807, 2.05) is 0 Å². The number of nitrogens with zero attached hydrogens (tertiary/aromatic N) is 3. The summed E-state index contributed by atoms with van der Waals surface area (Å²) in [6.07, 6.45) is 5.75. The highest BCUT2D eigenvalue weighted by atomic mass is 32.1. The first kappa shape index (κ1) is 13.1. The normalized spacial score (nSPS) is 24.3. The van der Waals surface area contributed by atoms with Crippen molar-refractivity contribution in [3.05, 3.63) is 15.6 Å². The van der Waals surface area contributed by atoms with Gasteiger partial charge in [0.25, 0.3) is 0 Å². The van der Waals surface area contributed by atoms with Gasteiger partial charge in [0, 0.05) is 17.3 Å². The summed E-state index contributed by atoms with van der Waals surface area (Å²) in [5.41, 5.74) is 1.24. The molecule has 0 bridgehead atoms. The van der Waals surface area contributed by atoms with E-state index in [1.54, 1.807) is 11.3 Å². The molecule has 3 nitrogen and oxygen atoms in total. The maximum absolute atomic E-state index is 8.93. The molecule has 3 rings (SSSR count). The van der Waals surface area contributed by atoms with E-state index < -0.39 is 0 Å². The van der Waals surface area contributed by atoms with Gasteiger partial charge in [-0.1, -0.05) is 6.92 Å². The monoisotopic (exact) mass is 275 g/mol. The van der Waals surface area contributed by atoms with Crippen LogP contribution in [0.4, 0.5) is 0 Å². The number of aromatic nitrogens is 1. The van der Waals surface area contributed by atoms with Crippen LogP contribution in [0.1, 0.15) is 54.1 Å². The quantitative estimate of drug-likeness (QED) is 0.846. The topological polar surface area (TPSA) is 39.9 Å². The van der Waals surface area contributed by atoms with E-state index in [0.717, 1.165) is 12.5 Å². The molecule has 2 heterocycles. The second-order valence-electron chi connectivity index (χ2n) is 6.01. The standard InChI is InChI=1S/C15H21N3S/c1-11-3-2-8-18(9-11)10-14-17-15(12-4-5-12)13(19-14)6-7-16/h11-12H,2-6,8-10H2,1H3. The molecule has 1 aliphatic heterocycles. The summed E-state index contributed by atoms with van der Waals surface area (Å²) in [6.45, 7) is 5.73. The Labute approximate surface area is 119 Å². The predicted octanol–water partition coefficient (Wildman–Crippen LogP) is 3.32. The van der Waals surface area contributed by atoms with E-state index in [-0.39, 0.29) is 0 Å². The molecular weight excluding hydrogens is 254 g/mol. The lowest BCUT2D eigenvalue weighted by molar-refractivity contribution is 0.176. The van der Waals surface area contributed by atoms with Gasteiger partial charge >= 0.3 is 0 Å². The molecule has 1 atom stereocenters. The van der Waals surface area contributed by atoms with Crippen LogP contribution >= 0.6 is 11.3 Å². The third kappa shape index (κ3) is 3.16. The molecule has 0 aromatic carbocycles. The Balaban J connectivity index is 1.70. The number of nitriles is 1. The molecule has 0 N–H and O–H groups in total. The highest BCUT2D eigenvalue weighted by Gasteiger charge is 2.30. The van der Waals surface area contributed by atoms with Crippen molar-refractivity contribution in [3.8, 4) is 6.07 Å². The zero-order chi connectivity index (χ0) is 13.2. The van der Waals surface area contributed by atoms with Crippen LogP contribution in [0.15, 0.2) is 0 Å². The van der Waals surface area contributed by atoms with Crippen LogP contribution in [0.3, 0.4) is 0 Å². The third-order valence-electron chi connectivity index (χ3n) is 4.08. The van der Waals surface area contributed by atoms with E-state index in [0.29, 0.717) is 12.3 Å². The van der Waals surface area contributed by atoms with Crippen LogP contribution in [-0.2, 0) is 13.0 Å². The first-order valence-corrected chi connectivity index (χ1v) is 8.15. The maximum Gasteiger partial charge on any atom is 0.107 e. The summed E-state index contributed by atoms with van der Waals surface area (Å²) in [4.78, 5) is 8.59. The third-order valence-corrected chi connectivity index (χ3v) is 5.13. The van der Waals surface area contributed by atoms with Crippen molar-refractivity contribution in [1.29, 1.82) is 5.26 Å². The van der Waals surface area contributed by atoms with Crippen LogP contribution in [0.25, 0.3) is 0 Å². The molecule has 1 aromatic rings. The van der Waals surface area contributed by atoms with E-state index in [1.165, 1.54) is 54.4 Å². The summed E-state index contributed by atoms with van der Waals surface area (Å²) >= 11 is 1.77. The van der Waals surface area contributed by atoms with Gasteiger partial charge in [-0.2, -0.15) is 5.26 Å². The van der Waals surface area contributed by atoms with Crippen LogP contribution in [-0.4, -0.2) is 23.0 Å². The summed E-state index contributed by atoms with van der Waals surface area (Å²) in [6, 6.07) is 2.29. The van der Waals surface area contributed by atoms with E-state index in [9.17, 15) is 0 Å². The minimum atomic E-state index is 0.542. The number of rotatable bonds is 4. The number of thiazole rings is 1. The molecule has 102 valence electrons. The van der Waals surface area contributed by atoms with Gasteiger partial charge in [-0.3, -0.25) is 4.90 Å². The molecule has 1 unspecified atom stereocenters. The average Bonchev–Trinajstić information content (AvgIpc) is 3.14. The molecule has 2 aliphatic rings. The highest BCUT2D eigenvalue weighted by Crippen LogP contribution is 2.43. The Morgan fingerprint density at radius 1 is 1.42 bits per heavy atom. The Bertz CT molecular complexity index is 484. The Morgan fingerprint density at radius 3 is 2.95 bits per heavy atom. The lowest BCUT2D eigenvalue weighted by Gasteiger charge is -2.29. The smallest absolute Gasteiger partial charge is 0.107 e. The fourth-order valence-electron chi connectivity index (χ4n) is 2.98. The molecule has 0 radical (unpaired) electrons. The number of likely N-dealkylation sites (tertiary alicyclic amines) is 1. The first-order valence-electron chi connectivity index (χ1n) is 7.34. The van der Waals surface area contributed by atoms with Gasteiger partial charge in [0.1, 0.15) is 5.01 Å². The van der Waals surface area contributed by atoms with E-state index >= 15 is 0 Å². The van der Waals surface area contributed by atoms with Crippen molar-refractivity contribution in [2.45, 2.75) is 51.5 Å². The first-order chi connectivity index (χ1) is 9.26. The molecule has 1 aliphatic carbocycles. The minimum absolute atomic E-state index is 0.542. The number of hydrogen-bond donors (Lipinski definition) is 0. The molecule has 19 heavy (non-hydrogen) atoms. The summed E-state index contributed by atoms with van der Waals surface area (Å²) in [5, 5.41) is 10.2. The number of piperidine rings is 1. The van der Waals surface area contributed by atoms with Crippen LogP contribution < -0.4 is 0 Å². The average molecular weight is 275 g/mol. The van der Waals surface area contributed by atoms with Crippen molar-refractivity contribution in [2.24, 2.45) is 5.92 Å². The zero-order valence-electron chi connectivity index (χ0n) is 11.6. The second-order valence-corrected chi connectivity index (χ2v) is 7.18. The number of hydrogen-bond acceptors (Lipinski definition) is 4. The molecule has 2 fully saturated rings. The zero-order valence-corrected chi connectivity index (χ0v) is 12.4. The molecule has 1 saturated heterocycles. The van der Waals surface area contributed by atoms with Crippen molar-refractivity contribution in [3.63, 3.8) is 0 Å². The van der Waals surface area contributed by atoms with Crippen LogP contribution in [0.2, 0.25) is 0 Å². The van der Waals surface area contributed by atoms with Crippen LogP contribution in [0.5, 0.6) is 0 Å². The predicted molar refractivity (Wildman–Crippen MR) is 77.1 cm³/mol. The van der Waals surface area contributed by atoms with Gasteiger partial charge in [0.05, 0.1) is 24.7 Å². The SMILES string of the molecule is CC1CCCN(Cc2nc(C3CC3)c(CC#N)s2)C1. The fraction of sp³-hybridized carbons (Fsp3) is 0.733. The van der Waals surface area contributed by atoms with Gasteiger partial charge in [0.2, 0.25) is 0 Å². The van der Waals surface area contributed by atoms with Gasteiger partial charge < -0.3 is 0 Å². The summed E-state index contributed by atoms with van der Waals surface area (Å²) in [5.74, 6) is 1.48. The van der Waals surface area contributed by atoms with Crippen molar-refractivity contribution >= 4 is 11.3 Å². The Hall–Kier alpha value is -0.920. The second kappa shape index (κ2) is 5.60. The van der Waals surface area contributed by atoms with Gasteiger partial charge in [-0.25, -0.2) is 4.98 Å². The Kier molecular flexibility index (Phi) is 3.86. The molecule has 0 spiro atoms. The lowest BCUT2D eigenvalue weighted by Crippen LogP contribution is -2.33.